The van der Waals surface area contributed by atoms with Gasteiger partial charge in [0.1, 0.15) is 0 Å². The number of nitrogens with one attached hydrogen (secondary N) is 2. The number of fused-ring (bicyclic) bond motifs is 1. The summed E-state index contributed by atoms with van der Waals surface area (Å²) in [5.74, 6) is -0.618. The second kappa shape index (κ2) is 5.19. The molecule has 0 spiro atoms. The maximum absolute atomic E-state index is 13.0. The van der Waals surface area contributed by atoms with E-state index in [-0.39, 0.29) is 5.56 Å². The molecule has 4 rings (SSSR count). The smallest absolute Gasteiger partial charge is 0.278 e. The number of carbonyl (C=O) groups excluding carboxylic acids is 1. The van der Waals surface area contributed by atoms with E-state index in [1.165, 1.54) is 4.68 Å². The van der Waals surface area contributed by atoms with Crippen LogP contribution in [0.25, 0.3) is 5.69 Å². The van der Waals surface area contributed by atoms with Gasteiger partial charge < -0.3 is 10.4 Å². The number of amides is 1. The minimum atomic E-state index is -2.01. The zero-order valence-electron chi connectivity index (χ0n) is 13.8. The molecule has 1 unspecified atom stereocenters. The Kier molecular flexibility index (Phi) is 3.20. The van der Waals surface area contributed by atoms with Gasteiger partial charge in [-0.2, -0.15) is 0 Å². The highest BCUT2D eigenvalue weighted by Crippen LogP contribution is 2.41. The predicted octanol–water partition coefficient (Wildman–Crippen LogP) is 1.97. The molecular formula is C19H17N3O3. The van der Waals surface area contributed by atoms with E-state index >= 15 is 0 Å². The number of benzene rings is 2. The molecule has 0 bridgehead atoms. The third kappa shape index (κ3) is 2.08. The van der Waals surface area contributed by atoms with Gasteiger partial charge >= 0.3 is 0 Å². The molecule has 0 saturated carbocycles. The van der Waals surface area contributed by atoms with Crippen LogP contribution in [0.2, 0.25) is 0 Å². The predicted molar refractivity (Wildman–Crippen MR) is 93.9 cm³/mol. The summed E-state index contributed by atoms with van der Waals surface area (Å²) in [6.45, 7) is 3.55. The molecule has 1 atom stereocenters. The minimum Gasteiger partial charge on any atom is -0.371 e. The van der Waals surface area contributed by atoms with Crippen molar-refractivity contribution < 1.29 is 9.90 Å². The van der Waals surface area contributed by atoms with Crippen molar-refractivity contribution in [3.8, 4) is 5.69 Å². The average molecular weight is 335 g/mol. The summed E-state index contributed by atoms with van der Waals surface area (Å²) >= 11 is 0. The molecule has 6 heteroatoms. The van der Waals surface area contributed by atoms with Crippen molar-refractivity contribution in [1.82, 2.24) is 9.78 Å². The van der Waals surface area contributed by atoms with Crippen LogP contribution >= 0.6 is 0 Å². The van der Waals surface area contributed by atoms with Crippen LogP contribution in [0.4, 0.5) is 5.69 Å². The topological polar surface area (TPSA) is 87.1 Å². The standard InChI is InChI=1S/C19H17N3O3/c1-11-8-9-15-14(10-11)19(25,18(24)20-15)16-12(2)21-22(17(16)23)13-6-4-3-5-7-13/h3-10,21,25H,1-2H3,(H,20,24). The zero-order valence-corrected chi connectivity index (χ0v) is 13.8. The largest absolute Gasteiger partial charge is 0.371 e. The fourth-order valence-electron chi connectivity index (χ4n) is 3.38. The number of aromatic amines is 1. The molecule has 0 fully saturated rings. The van der Waals surface area contributed by atoms with Crippen LogP contribution < -0.4 is 10.9 Å². The lowest BCUT2D eigenvalue weighted by Crippen LogP contribution is -2.40. The fraction of sp³-hybridized carbons (Fsp3) is 0.158. The van der Waals surface area contributed by atoms with Crippen molar-refractivity contribution in [3.63, 3.8) is 0 Å². The summed E-state index contributed by atoms with van der Waals surface area (Å²) in [6, 6.07) is 14.3. The molecule has 1 aliphatic heterocycles. The summed E-state index contributed by atoms with van der Waals surface area (Å²) < 4.78 is 1.34. The van der Waals surface area contributed by atoms with E-state index in [0.717, 1.165) is 5.56 Å². The second-order valence-electron chi connectivity index (χ2n) is 6.30. The summed E-state index contributed by atoms with van der Waals surface area (Å²) in [5, 5.41) is 16.9. The molecule has 0 saturated heterocycles. The number of aryl methyl sites for hydroxylation is 2. The number of aromatic nitrogens is 2. The van der Waals surface area contributed by atoms with Crippen LogP contribution in [-0.4, -0.2) is 20.8 Å². The van der Waals surface area contributed by atoms with Crippen LogP contribution in [0.5, 0.6) is 0 Å². The van der Waals surface area contributed by atoms with Gasteiger partial charge in [-0.3, -0.25) is 14.7 Å². The van der Waals surface area contributed by atoms with Crippen molar-refractivity contribution in [2.24, 2.45) is 0 Å². The lowest BCUT2D eigenvalue weighted by Gasteiger charge is -2.19. The molecule has 2 aromatic carbocycles. The van der Waals surface area contributed by atoms with Gasteiger partial charge in [-0.25, -0.2) is 4.68 Å². The molecule has 0 radical (unpaired) electrons. The number of hydrogen-bond donors (Lipinski definition) is 3. The number of aliphatic hydroxyl groups is 1. The zero-order chi connectivity index (χ0) is 17.8. The highest BCUT2D eigenvalue weighted by Gasteiger charge is 2.50. The summed E-state index contributed by atoms with van der Waals surface area (Å²) in [6.07, 6.45) is 0. The van der Waals surface area contributed by atoms with Gasteiger partial charge in [-0.15, -0.1) is 0 Å². The van der Waals surface area contributed by atoms with Crippen LogP contribution in [-0.2, 0) is 10.4 Å². The number of hydrogen-bond acceptors (Lipinski definition) is 3. The van der Waals surface area contributed by atoms with E-state index in [0.29, 0.717) is 22.6 Å². The van der Waals surface area contributed by atoms with Gasteiger partial charge in [0, 0.05) is 16.9 Å². The molecule has 2 heterocycles. The molecule has 6 nitrogen and oxygen atoms in total. The van der Waals surface area contributed by atoms with Crippen LogP contribution in [0.15, 0.2) is 53.3 Å². The lowest BCUT2D eigenvalue weighted by atomic mass is 9.87. The average Bonchev–Trinajstić information content (AvgIpc) is 3.03. The first-order valence-corrected chi connectivity index (χ1v) is 7.95. The molecular weight excluding hydrogens is 318 g/mol. The Hall–Kier alpha value is -3.12. The van der Waals surface area contributed by atoms with Crippen molar-refractivity contribution in [3.05, 3.63) is 81.3 Å². The molecule has 126 valence electrons. The first kappa shape index (κ1) is 15.4. The maximum atomic E-state index is 13.0. The Morgan fingerprint density at radius 3 is 2.48 bits per heavy atom. The molecule has 1 amide bonds. The Labute approximate surface area is 143 Å². The van der Waals surface area contributed by atoms with Crippen molar-refractivity contribution in [2.45, 2.75) is 19.4 Å². The lowest BCUT2D eigenvalue weighted by molar-refractivity contribution is -0.129. The minimum absolute atomic E-state index is 0.0400. The molecule has 1 aliphatic rings. The number of nitrogens with zero attached hydrogens (tertiary/aromatic N) is 1. The van der Waals surface area contributed by atoms with E-state index in [4.69, 9.17) is 0 Å². The first-order chi connectivity index (χ1) is 11.9. The normalized spacial score (nSPS) is 18.9. The molecule has 3 aromatic rings. The van der Waals surface area contributed by atoms with Crippen molar-refractivity contribution in [2.75, 3.05) is 5.32 Å². The Balaban J connectivity index is 1.98. The van der Waals surface area contributed by atoms with Gasteiger partial charge in [0.15, 0.2) is 0 Å². The van der Waals surface area contributed by atoms with Crippen LogP contribution in [0.1, 0.15) is 22.4 Å². The quantitative estimate of drug-likeness (QED) is 0.669. The summed E-state index contributed by atoms with van der Waals surface area (Å²) in [4.78, 5) is 25.6. The monoisotopic (exact) mass is 335 g/mol. The number of carbonyl (C=O) groups is 1. The van der Waals surface area contributed by atoms with Crippen LogP contribution in [0.3, 0.4) is 0 Å². The van der Waals surface area contributed by atoms with E-state index < -0.39 is 17.1 Å². The Morgan fingerprint density at radius 2 is 1.76 bits per heavy atom. The SMILES string of the molecule is Cc1ccc2c(c1)C(O)(c1c(C)[nH]n(-c3ccccc3)c1=O)C(=O)N2. The second-order valence-corrected chi connectivity index (χ2v) is 6.30. The van der Waals surface area contributed by atoms with Gasteiger partial charge in [0.2, 0.25) is 5.60 Å². The van der Waals surface area contributed by atoms with E-state index in [2.05, 4.69) is 10.4 Å². The molecule has 25 heavy (non-hydrogen) atoms. The third-order valence-electron chi connectivity index (χ3n) is 4.59. The third-order valence-corrected chi connectivity index (χ3v) is 4.59. The van der Waals surface area contributed by atoms with E-state index in [1.54, 1.807) is 31.2 Å². The fourth-order valence-corrected chi connectivity index (χ4v) is 3.38. The van der Waals surface area contributed by atoms with Crippen molar-refractivity contribution >= 4 is 11.6 Å². The molecule has 0 aliphatic carbocycles. The number of rotatable bonds is 2. The van der Waals surface area contributed by atoms with Crippen LogP contribution in [0, 0.1) is 13.8 Å². The first-order valence-electron chi connectivity index (χ1n) is 7.95. The van der Waals surface area contributed by atoms with Crippen molar-refractivity contribution in [1.29, 1.82) is 0 Å². The molecule has 1 aromatic heterocycles. The Bertz CT molecular complexity index is 1050. The highest BCUT2D eigenvalue weighted by atomic mass is 16.3. The van der Waals surface area contributed by atoms with Gasteiger partial charge in [0.25, 0.3) is 11.5 Å². The summed E-state index contributed by atoms with van der Waals surface area (Å²) in [7, 11) is 0. The summed E-state index contributed by atoms with van der Waals surface area (Å²) in [5.41, 5.74) is 0.466. The van der Waals surface area contributed by atoms with Gasteiger partial charge in [-0.1, -0.05) is 35.9 Å². The van der Waals surface area contributed by atoms with E-state index in [9.17, 15) is 14.7 Å². The Morgan fingerprint density at radius 1 is 1.04 bits per heavy atom. The van der Waals surface area contributed by atoms with Gasteiger partial charge in [0.05, 0.1) is 11.3 Å². The number of anilines is 1. The van der Waals surface area contributed by atoms with E-state index in [1.807, 2.05) is 31.2 Å². The molecule has 3 N–H and O–H groups in total. The highest BCUT2D eigenvalue weighted by molar-refractivity contribution is 6.07. The van der Waals surface area contributed by atoms with Gasteiger partial charge in [-0.05, 0) is 32.0 Å². The number of para-hydroxylation sites is 1. The number of H-pyrrole nitrogens is 1. The maximum Gasteiger partial charge on any atom is 0.278 e.